The van der Waals surface area contributed by atoms with Crippen LogP contribution in [-0.4, -0.2) is 26.8 Å². The fraction of sp³-hybridized carbons (Fsp3) is 0.385. The van der Waals surface area contributed by atoms with Crippen LogP contribution in [0, 0.1) is 11.3 Å². The highest BCUT2D eigenvalue weighted by molar-refractivity contribution is 5.75. The lowest BCUT2D eigenvalue weighted by Crippen LogP contribution is -2.10. The zero-order chi connectivity index (χ0) is 13.5. The van der Waals surface area contributed by atoms with Crippen LogP contribution < -0.4 is 9.47 Å². The Balaban J connectivity index is 3.15. The molecule has 1 aromatic rings. The van der Waals surface area contributed by atoms with E-state index in [9.17, 15) is 4.79 Å². The van der Waals surface area contributed by atoms with Gasteiger partial charge in [-0.3, -0.25) is 4.79 Å². The van der Waals surface area contributed by atoms with Gasteiger partial charge in [-0.25, -0.2) is 0 Å². The monoisotopic (exact) mass is 249 g/mol. The van der Waals surface area contributed by atoms with Gasteiger partial charge in [-0.15, -0.1) is 0 Å². The van der Waals surface area contributed by atoms with E-state index in [0.29, 0.717) is 29.2 Å². The maximum atomic E-state index is 11.5. The third kappa shape index (κ3) is 3.14. The van der Waals surface area contributed by atoms with Crippen molar-refractivity contribution in [1.29, 1.82) is 5.26 Å². The Morgan fingerprint density at radius 2 is 1.83 bits per heavy atom. The molecule has 0 aliphatic carbocycles. The number of nitriles is 1. The van der Waals surface area contributed by atoms with Gasteiger partial charge in [0.05, 0.1) is 38.9 Å². The van der Waals surface area contributed by atoms with Gasteiger partial charge in [0.25, 0.3) is 0 Å². The lowest BCUT2D eigenvalue weighted by Gasteiger charge is -2.13. The van der Waals surface area contributed by atoms with E-state index in [2.05, 4.69) is 0 Å². The molecule has 0 spiro atoms. The van der Waals surface area contributed by atoms with E-state index in [1.54, 1.807) is 19.1 Å². The van der Waals surface area contributed by atoms with Crippen molar-refractivity contribution < 1.29 is 19.0 Å². The van der Waals surface area contributed by atoms with Crippen molar-refractivity contribution in [3.63, 3.8) is 0 Å². The first-order valence-corrected chi connectivity index (χ1v) is 5.46. The molecule has 0 saturated heterocycles. The van der Waals surface area contributed by atoms with Gasteiger partial charge in [0, 0.05) is 5.56 Å². The van der Waals surface area contributed by atoms with Crippen LogP contribution in [-0.2, 0) is 16.0 Å². The van der Waals surface area contributed by atoms with Gasteiger partial charge < -0.3 is 14.2 Å². The van der Waals surface area contributed by atoms with Gasteiger partial charge in [0.2, 0.25) is 0 Å². The van der Waals surface area contributed by atoms with E-state index in [0.717, 1.165) is 0 Å². The van der Waals surface area contributed by atoms with Crippen molar-refractivity contribution in [3.8, 4) is 17.6 Å². The van der Waals surface area contributed by atoms with Crippen molar-refractivity contribution in [2.45, 2.75) is 13.3 Å². The number of ether oxygens (including phenoxy) is 3. The van der Waals surface area contributed by atoms with Crippen molar-refractivity contribution in [1.82, 2.24) is 0 Å². The summed E-state index contributed by atoms with van der Waals surface area (Å²) in [6.45, 7) is 2.06. The molecule has 0 saturated carbocycles. The maximum absolute atomic E-state index is 11.5. The van der Waals surface area contributed by atoms with Crippen LogP contribution in [0.2, 0.25) is 0 Å². The second kappa shape index (κ2) is 6.50. The van der Waals surface area contributed by atoms with E-state index >= 15 is 0 Å². The molecule has 0 fully saturated rings. The first kappa shape index (κ1) is 13.8. The van der Waals surface area contributed by atoms with Crippen LogP contribution in [0.15, 0.2) is 12.1 Å². The largest absolute Gasteiger partial charge is 0.496 e. The fourth-order valence-corrected chi connectivity index (χ4v) is 1.58. The van der Waals surface area contributed by atoms with Crippen LogP contribution in [0.4, 0.5) is 0 Å². The van der Waals surface area contributed by atoms with Crippen molar-refractivity contribution in [2.75, 3.05) is 20.8 Å². The topological polar surface area (TPSA) is 68.5 Å². The van der Waals surface area contributed by atoms with Crippen LogP contribution in [0.25, 0.3) is 0 Å². The summed E-state index contributed by atoms with van der Waals surface area (Å²) in [4.78, 5) is 11.5. The summed E-state index contributed by atoms with van der Waals surface area (Å²) in [5.74, 6) is 0.525. The molecule has 0 atom stereocenters. The van der Waals surface area contributed by atoms with Crippen LogP contribution in [0.3, 0.4) is 0 Å². The number of carbonyl (C=O) groups is 1. The van der Waals surface area contributed by atoms with Gasteiger partial charge in [0.15, 0.2) is 0 Å². The Kier molecular flexibility index (Phi) is 5.00. The first-order chi connectivity index (χ1) is 8.65. The standard InChI is InChI=1S/C13H15NO4/c1-4-18-13(15)7-10-11(16-2)5-9(8-14)6-12(10)17-3/h5-6H,4,7H2,1-3H3. The molecule has 0 aliphatic rings. The van der Waals surface area contributed by atoms with Gasteiger partial charge in [-0.2, -0.15) is 5.26 Å². The van der Waals surface area contributed by atoms with Gasteiger partial charge in [-0.05, 0) is 19.1 Å². The SMILES string of the molecule is CCOC(=O)Cc1c(OC)cc(C#N)cc1OC. The Morgan fingerprint density at radius 3 is 2.22 bits per heavy atom. The van der Waals surface area contributed by atoms with E-state index in [1.165, 1.54) is 14.2 Å². The summed E-state index contributed by atoms with van der Waals surface area (Å²) in [7, 11) is 2.95. The second-order valence-electron chi connectivity index (χ2n) is 3.45. The summed E-state index contributed by atoms with van der Waals surface area (Å²) in [5, 5.41) is 8.88. The molecule has 5 nitrogen and oxygen atoms in total. The molecule has 0 N–H and O–H groups in total. The Bertz CT molecular complexity index is 451. The highest BCUT2D eigenvalue weighted by atomic mass is 16.5. The zero-order valence-electron chi connectivity index (χ0n) is 10.6. The molecule has 96 valence electrons. The summed E-state index contributed by atoms with van der Waals surface area (Å²) in [6, 6.07) is 5.14. The van der Waals surface area contributed by atoms with E-state index in [1.807, 2.05) is 6.07 Å². The molecular weight excluding hydrogens is 234 g/mol. The molecule has 0 aromatic heterocycles. The molecule has 0 radical (unpaired) electrons. The van der Waals surface area contributed by atoms with Gasteiger partial charge in [0.1, 0.15) is 11.5 Å². The highest BCUT2D eigenvalue weighted by Crippen LogP contribution is 2.31. The number of carbonyl (C=O) groups excluding carboxylic acids is 1. The molecule has 1 rings (SSSR count). The summed E-state index contributed by atoms with van der Waals surface area (Å²) < 4.78 is 15.2. The number of rotatable bonds is 5. The molecule has 0 heterocycles. The molecule has 18 heavy (non-hydrogen) atoms. The van der Waals surface area contributed by atoms with Crippen molar-refractivity contribution in [2.24, 2.45) is 0 Å². The zero-order valence-corrected chi connectivity index (χ0v) is 10.6. The summed E-state index contributed by atoms with van der Waals surface area (Å²) in [6.07, 6.45) is 0.0475. The summed E-state index contributed by atoms with van der Waals surface area (Å²) >= 11 is 0. The number of methoxy groups -OCH3 is 2. The average Bonchev–Trinajstić information content (AvgIpc) is 2.39. The Morgan fingerprint density at radius 1 is 1.28 bits per heavy atom. The van der Waals surface area contributed by atoms with E-state index in [-0.39, 0.29) is 12.4 Å². The predicted octanol–water partition coefficient (Wildman–Crippen LogP) is 1.68. The number of esters is 1. The molecule has 0 aliphatic heterocycles. The number of hydrogen-bond acceptors (Lipinski definition) is 5. The number of nitrogens with zero attached hydrogens (tertiary/aromatic N) is 1. The van der Waals surface area contributed by atoms with Gasteiger partial charge >= 0.3 is 5.97 Å². The fourth-order valence-electron chi connectivity index (χ4n) is 1.58. The second-order valence-corrected chi connectivity index (χ2v) is 3.45. The van der Waals surface area contributed by atoms with Crippen LogP contribution >= 0.6 is 0 Å². The molecular formula is C13H15NO4. The first-order valence-electron chi connectivity index (χ1n) is 5.46. The quantitative estimate of drug-likeness (QED) is 0.742. The Hall–Kier alpha value is -2.22. The highest BCUT2D eigenvalue weighted by Gasteiger charge is 2.16. The maximum Gasteiger partial charge on any atom is 0.310 e. The Labute approximate surface area is 106 Å². The molecule has 0 unspecified atom stereocenters. The van der Waals surface area contributed by atoms with E-state index in [4.69, 9.17) is 19.5 Å². The third-order valence-electron chi connectivity index (χ3n) is 2.36. The summed E-state index contributed by atoms with van der Waals surface area (Å²) in [5.41, 5.74) is 0.994. The van der Waals surface area contributed by atoms with Gasteiger partial charge in [-0.1, -0.05) is 0 Å². The average molecular weight is 249 g/mol. The normalized spacial score (nSPS) is 9.44. The van der Waals surface area contributed by atoms with E-state index < -0.39 is 0 Å². The molecule has 0 amide bonds. The van der Waals surface area contributed by atoms with Crippen LogP contribution in [0.5, 0.6) is 11.5 Å². The minimum atomic E-state index is -0.362. The lowest BCUT2D eigenvalue weighted by molar-refractivity contribution is -0.142. The number of hydrogen-bond donors (Lipinski definition) is 0. The van der Waals surface area contributed by atoms with Crippen LogP contribution in [0.1, 0.15) is 18.1 Å². The van der Waals surface area contributed by atoms with Crippen molar-refractivity contribution >= 4 is 5.97 Å². The predicted molar refractivity (Wildman–Crippen MR) is 64.6 cm³/mol. The smallest absolute Gasteiger partial charge is 0.310 e. The molecule has 1 aromatic carbocycles. The number of benzene rings is 1. The lowest BCUT2D eigenvalue weighted by atomic mass is 10.1. The minimum absolute atomic E-state index is 0.0475. The molecule has 5 heteroatoms. The third-order valence-corrected chi connectivity index (χ3v) is 2.36. The van der Waals surface area contributed by atoms with Crippen molar-refractivity contribution in [3.05, 3.63) is 23.3 Å². The molecule has 0 bridgehead atoms. The minimum Gasteiger partial charge on any atom is -0.496 e.